The van der Waals surface area contributed by atoms with Gasteiger partial charge in [-0.1, -0.05) is 13.0 Å². The van der Waals surface area contributed by atoms with E-state index in [-0.39, 0.29) is 0 Å². The van der Waals surface area contributed by atoms with Crippen LogP contribution in [0, 0.1) is 5.92 Å². The zero-order chi connectivity index (χ0) is 10.4. The third-order valence-corrected chi connectivity index (χ3v) is 2.42. The highest BCUT2D eigenvalue weighted by molar-refractivity contribution is 4.75. The average Bonchev–Trinajstić information content (AvgIpc) is 1.99. The highest BCUT2D eigenvalue weighted by atomic mass is 15.2. The number of rotatable bonds is 6. The van der Waals surface area contributed by atoms with Crippen LogP contribution in [0.1, 0.15) is 41.0 Å². The van der Waals surface area contributed by atoms with Crippen molar-refractivity contribution < 1.29 is 0 Å². The van der Waals surface area contributed by atoms with E-state index in [4.69, 9.17) is 0 Å². The Bertz CT molecular complexity index is 130. The Balaban J connectivity index is 4.01. The molecular weight excluding hydrogens is 158 g/mol. The Morgan fingerprint density at radius 1 is 1.08 bits per heavy atom. The molecule has 0 fully saturated rings. The summed E-state index contributed by atoms with van der Waals surface area (Å²) in [7, 11) is 0. The van der Waals surface area contributed by atoms with Gasteiger partial charge in [-0.05, 0) is 40.0 Å². The molecule has 0 unspecified atom stereocenters. The molecule has 0 spiro atoms. The maximum Gasteiger partial charge on any atom is 0.00414 e. The van der Waals surface area contributed by atoms with Gasteiger partial charge in [-0.2, -0.15) is 0 Å². The molecule has 0 saturated carbocycles. The van der Waals surface area contributed by atoms with E-state index < -0.39 is 0 Å². The molecule has 0 aliphatic carbocycles. The van der Waals surface area contributed by atoms with E-state index in [2.05, 4.69) is 46.1 Å². The van der Waals surface area contributed by atoms with E-state index in [1.165, 1.54) is 6.54 Å². The van der Waals surface area contributed by atoms with E-state index in [1.807, 2.05) is 6.08 Å². The van der Waals surface area contributed by atoms with Crippen molar-refractivity contribution >= 4 is 0 Å². The molecule has 13 heavy (non-hydrogen) atoms. The summed E-state index contributed by atoms with van der Waals surface area (Å²) in [5.74, 6) is 0.724. The van der Waals surface area contributed by atoms with Gasteiger partial charge in [0.15, 0.2) is 0 Å². The fourth-order valence-corrected chi connectivity index (χ4v) is 1.74. The van der Waals surface area contributed by atoms with E-state index in [9.17, 15) is 0 Å². The highest BCUT2D eigenvalue weighted by Gasteiger charge is 2.15. The molecule has 0 aromatic carbocycles. The summed E-state index contributed by atoms with van der Waals surface area (Å²) < 4.78 is 0. The van der Waals surface area contributed by atoms with Gasteiger partial charge in [0.2, 0.25) is 0 Å². The molecule has 0 heterocycles. The molecule has 0 aromatic heterocycles. The minimum Gasteiger partial charge on any atom is -0.298 e. The summed E-state index contributed by atoms with van der Waals surface area (Å²) in [6.45, 7) is 16.3. The van der Waals surface area contributed by atoms with Gasteiger partial charge < -0.3 is 0 Å². The molecule has 0 aromatic rings. The minimum atomic E-state index is 0.646. The molecule has 0 amide bonds. The van der Waals surface area contributed by atoms with Gasteiger partial charge >= 0.3 is 0 Å². The van der Waals surface area contributed by atoms with Gasteiger partial charge in [0.25, 0.3) is 0 Å². The first-order chi connectivity index (χ1) is 5.99. The first kappa shape index (κ1) is 12.7. The van der Waals surface area contributed by atoms with Crippen molar-refractivity contribution in [3.8, 4) is 0 Å². The van der Waals surface area contributed by atoms with Gasteiger partial charge in [0.05, 0.1) is 0 Å². The maximum absolute atomic E-state index is 3.78. The fourth-order valence-electron chi connectivity index (χ4n) is 1.74. The molecule has 0 aliphatic heterocycles. The van der Waals surface area contributed by atoms with Gasteiger partial charge in [-0.3, -0.25) is 4.90 Å². The molecule has 78 valence electrons. The van der Waals surface area contributed by atoms with E-state index >= 15 is 0 Å². The smallest absolute Gasteiger partial charge is 0.00414 e. The van der Waals surface area contributed by atoms with Gasteiger partial charge in [0, 0.05) is 18.6 Å². The first-order valence-electron chi connectivity index (χ1n) is 5.35. The van der Waals surface area contributed by atoms with Crippen LogP contribution in [0.4, 0.5) is 0 Å². The summed E-state index contributed by atoms with van der Waals surface area (Å²) in [5, 5.41) is 0. The molecule has 0 N–H and O–H groups in total. The molecule has 0 saturated heterocycles. The predicted molar refractivity (Wildman–Crippen MR) is 61.0 cm³/mol. The van der Waals surface area contributed by atoms with Crippen molar-refractivity contribution in [2.75, 3.05) is 6.54 Å². The van der Waals surface area contributed by atoms with Crippen LogP contribution in [0.5, 0.6) is 0 Å². The molecule has 1 atom stereocenters. The zero-order valence-electron chi connectivity index (χ0n) is 9.88. The Kier molecular flexibility index (Phi) is 6.06. The van der Waals surface area contributed by atoms with Crippen LogP contribution in [0.2, 0.25) is 0 Å². The van der Waals surface area contributed by atoms with Crippen LogP contribution in [-0.2, 0) is 0 Å². The number of hydrogen-bond acceptors (Lipinski definition) is 1. The van der Waals surface area contributed by atoms with Crippen molar-refractivity contribution in [1.82, 2.24) is 4.90 Å². The quantitative estimate of drug-likeness (QED) is 0.571. The SMILES string of the molecule is C=CC[C@H](C)CN(C(C)C)C(C)C. The lowest BCUT2D eigenvalue weighted by molar-refractivity contribution is 0.151. The zero-order valence-corrected chi connectivity index (χ0v) is 9.88. The second-order valence-electron chi connectivity index (χ2n) is 4.51. The average molecular weight is 183 g/mol. The first-order valence-corrected chi connectivity index (χ1v) is 5.35. The normalized spacial score (nSPS) is 14.2. The molecule has 0 bridgehead atoms. The van der Waals surface area contributed by atoms with Crippen LogP contribution in [0.3, 0.4) is 0 Å². The second kappa shape index (κ2) is 6.20. The highest BCUT2D eigenvalue weighted by Crippen LogP contribution is 2.11. The topological polar surface area (TPSA) is 3.24 Å². The summed E-state index contributed by atoms with van der Waals surface area (Å²) >= 11 is 0. The van der Waals surface area contributed by atoms with Crippen LogP contribution >= 0.6 is 0 Å². The lowest BCUT2D eigenvalue weighted by Crippen LogP contribution is -2.39. The van der Waals surface area contributed by atoms with Crippen molar-refractivity contribution in [2.24, 2.45) is 5.92 Å². The third-order valence-electron chi connectivity index (χ3n) is 2.42. The number of hydrogen-bond donors (Lipinski definition) is 0. The Labute approximate surface area is 83.8 Å². The molecule has 0 radical (unpaired) electrons. The molecular formula is C12H25N. The third kappa shape index (κ3) is 5.09. The van der Waals surface area contributed by atoms with Crippen LogP contribution in [-0.4, -0.2) is 23.5 Å². The monoisotopic (exact) mass is 183 g/mol. The second-order valence-corrected chi connectivity index (χ2v) is 4.51. The Morgan fingerprint density at radius 2 is 1.54 bits per heavy atom. The predicted octanol–water partition coefficient (Wildman–Crippen LogP) is 3.32. The van der Waals surface area contributed by atoms with E-state index in [0.29, 0.717) is 12.1 Å². The fraction of sp³-hybridized carbons (Fsp3) is 0.833. The molecule has 0 rings (SSSR count). The lowest BCUT2D eigenvalue weighted by Gasteiger charge is -2.32. The number of nitrogens with zero attached hydrogens (tertiary/aromatic N) is 1. The van der Waals surface area contributed by atoms with Crippen molar-refractivity contribution in [3.63, 3.8) is 0 Å². The van der Waals surface area contributed by atoms with Crippen molar-refractivity contribution in [2.45, 2.75) is 53.1 Å². The molecule has 1 heteroatoms. The van der Waals surface area contributed by atoms with Crippen LogP contribution < -0.4 is 0 Å². The van der Waals surface area contributed by atoms with Gasteiger partial charge in [-0.25, -0.2) is 0 Å². The standard InChI is InChI=1S/C12H25N/c1-7-8-12(6)9-13(10(2)3)11(4)5/h7,10-12H,1,8-9H2,2-6H3/t12-/m0/s1. The molecule has 1 nitrogen and oxygen atoms in total. The summed E-state index contributed by atoms with van der Waals surface area (Å²) in [4.78, 5) is 2.54. The summed E-state index contributed by atoms with van der Waals surface area (Å²) in [6, 6.07) is 1.29. The van der Waals surface area contributed by atoms with Crippen LogP contribution in [0.15, 0.2) is 12.7 Å². The maximum atomic E-state index is 3.78. The van der Waals surface area contributed by atoms with E-state index in [0.717, 1.165) is 12.3 Å². The Hall–Kier alpha value is -0.300. The largest absolute Gasteiger partial charge is 0.298 e. The lowest BCUT2D eigenvalue weighted by atomic mass is 10.1. The minimum absolute atomic E-state index is 0.646. The van der Waals surface area contributed by atoms with Crippen LogP contribution in [0.25, 0.3) is 0 Å². The van der Waals surface area contributed by atoms with Crippen molar-refractivity contribution in [3.05, 3.63) is 12.7 Å². The summed E-state index contributed by atoms with van der Waals surface area (Å²) in [6.07, 6.45) is 3.14. The molecule has 0 aliphatic rings. The Morgan fingerprint density at radius 3 is 1.85 bits per heavy atom. The summed E-state index contributed by atoms with van der Waals surface area (Å²) in [5.41, 5.74) is 0. The number of allylic oxidation sites excluding steroid dienone is 1. The van der Waals surface area contributed by atoms with E-state index in [1.54, 1.807) is 0 Å². The van der Waals surface area contributed by atoms with Crippen molar-refractivity contribution in [1.29, 1.82) is 0 Å². The van der Waals surface area contributed by atoms with Gasteiger partial charge in [-0.15, -0.1) is 6.58 Å². The van der Waals surface area contributed by atoms with Gasteiger partial charge in [0.1, 0.15) is 0 Å².